The van der Waals surface area contributed by atoms with E-state index in [0.29, 0.717) is 16.7 Å². The standard InChI is InChI=1S/C26H23F9N2O2/c1-14-5-15(7-17(6-14)24(27,28)29)11-36-13-20(23(2,3)4)21(38)37(22(36)39)12-16-8-18(25(30,31)32)10-19(9-16)26(33,34)35/h5-10,13H,11-12H2,1-4H3. The molecule has 0 aliphatic rings. The Morgan fingerprint density at radius 3 is 1.51 bits per heavy atom. The quantitative estimate of drug-likeness (QED) is 0.328. The van der Waals surface area contributed by atoms with Crippen molar-refractivity contribution in [1.29, 1.82) is 0 Å². The van der Waals surface area contributed by atoms with Crippen LogP contribution in [-0.4, -0.2) is 9.13 Å². The molecule has 0 saturated carbocycles. The van der Waals surface area contributed by atoms with E-state index in [0.717, 1.165) is 22.9 Å². The monoisotopic (exact) mass is 566 g/mol. The van der Waals surface area contributed by atoms with Crippen LogP contribution < -0.4 is 11.2 Å². The molecule has 0 radical (unpaired) electrons. The van der Waals surface area contributed by atoms with Crippen molar-refractivity contribution >= 4 is 0 Å². The fourth-order valence-electron chi connectivity index (χ4n) is 4.03. The fourth-order valence-corrected chi connectivity index (χ4v) is 4.03. The van der Waals surface area contributed by atoms with Crippen LogP contribution in [0.4, 0.5) is 39.5 Å². The van der Waals surface area contributed by atoms with Crippen LogP contribution >= 0.6 is 0 Å². The molecule has 1 aromatic heterocycles. The van der Waals surface area contributed by atoms with Gasteiger partial charge in [0, 0.05) is 11.8 Å². The number of rotatable bonds is 4. The molecule has 39 heavy (non-hydrogen) atoms. The van der Waals surface area contributed by atoms with E-state index in [1.165, 1.54) is 13.0 Å². The molecule has 0 spiro atoms. The van der Waals surface area contributed by atoms with Crippen molar-refractivity contribution in [2.24, 2.45) is 0 Å². The highest BCUT2D eigenvalue weighted by atomic mass is 19.4. The fraction of sp³-hybridized carbons (Fsp3) is 0.385. The summed E-state index contributed by atoms with van der Waals surface area (Å²) in [5, 5.41) is 0. The van der Waals surface area contributed by atoms with Gasteiger partial charge in [0.2, 0.25) is 0 Å². The first kappa shape index (κ1) is 30.0. The summed E-state index contributed by atoms with van der Waals surface area (Å²) in [5.74, 6) is 0. The third kappa shape index (κ3) is 6.93. The molecule has 212 valence electrons. The van der Waals surface area contributed by atoms with Crippen molar-refractivity contribution in [3.63, 3.8) is 0 Å². The summed E-state index contributed by atoms with van der Waals surface area (Å²) in [6, 6.07) is 3.84. The van der Waals surface area contributed by atoms with Gasteiger partial charge >= 0.3 is 24.2 Å². The van der Waals surface area contributed by atoms with Gasteiger partial charge in [-0.2, -0.15) is 39.5 Å². The molecular formula is C26H23F9N2O2. The Balaban J connectivity index is 2.23. The lowest BCUT2D eigenvalue weighted by molar-refractivity contribution is -0.143. The van der Waals surface area contributed by atoms with Crippen molar-refractivity contribution in [3.05, 3.63) is 102 Å². The van der Waals surface area contributed by atoms with Gasteiger partial charge in [0.05, 0.1) is 29.8 Å². The molecule has 4 nitrogen and oxygen atoms in total. The molecule has 0 bridgehead atoms. The van der Waals surface area contributed by atoms with Crippen molar-refractivity contribution < 1.29 is 39.5 Å². The van der Waals surface area contributed by atoms with E-state index in [1.807, 2.05) is 0 Å². The van der Waals surface area contributed by atoms with Crippen LogP contribution in [0.2, 0.25) is 0 Å². The Bertz CT molecular complexity index is 1470. The molecule has 0 atom stereocenters. The van der Waals surface area contributed by atoms with Gasteiger partial charge in [-0.05, 0) is 53.8 Å². The van der Waals surface area contributed by atoms with Crippen molar-refractivity contribution in [1.82, 2.24) is 9.13 Å². The van der Waals surface area contributed by atoms with Crippen molar-refractivity contribution in [2.45, 2.75) is 64.7 Å². The lowest BCUT2D eigenvalue weighted by Gasteiger charge is -2.22. The van der Waals surface area contributed by atoms with Gasteiger partial charge in [-0.3, -0.25) is 13.9 Å². The molecule has 0 fully saturated rings. The van der Waals surface area contributed by atoms with Gasteiger partial charge in [0.1, 0.15) is 0 Å². The highest BCUT2D eigenvalue weighted by Crippen LogP contribution is 2.36. The lowest BCUT2D eigenvalue weighted by Crippen LogP contribution is -2.44. The molecule has 1 heterocycles. The number of alkyl halides is 9. The van der Waals surface area contributed by atoms with Gasteiger partial charge in [0.25, 0.3) is 5.56 Å². The molecule has 3 rings (SSSR count). The van der Waals surface area contributed by atoms with Crippen LogP contribution in [-0.2, 0) is 37.0 Å². The molecule has 13 heteroatoms. The van der Waals surface area contributed by atoms with E-state index in [1.54, 1.807) is 20.8 Å². The first-order chi connectivity index (χ1) is 17.6. The Labute approximate surface area is 216 Å². The van der Waals surface area contributed by atoms with Crippen LogP contribution in [0.25, 0.3) is 0 Å². The zero-order valence-electron chi connectivity index (χ0n) is 21.1. The number of aromatic nitrogens is 2. The third-order valence-corrected chi connectivity index (χ3v) is 5.85. The predicted octanol–water partition coefficient (Wildman–Crippen LogP) is 6.77. The summed E-state index contributed by atoms with van der Waals surface area (Å²) in [5.41, 5.74) is -7.56. The van der Waals surface area contributed by atoms with Gasteiger partial charge in [0.15, 0.2) is 0 Å². The number of hydrogen-bond acceptors (Lipinski definition) is 2. The number of halogens is 9. The van der Waals surface area contributed by atoms with Gasteiger partial charge in [-0.25, -0.2) is 4.79 Å². The maximum absolute atomic E-state index is 13.3. The Morgan fingerprint density at radius 1 is 0.641 bits per heavy atom. The summed E-state index contributed by atoms with van der Waals surface area (Å²) in [7, 11) is 0. The zero-order chi connectivity index (χ0) is 29.7. The number of nitrogens with zero attached hydrogens (tertiary/aromatic N) is 2. The van der Waals surface area contributed by atoms with E-state index < -0.39 is 70.5 Å². The molecular weight excluding hydrogens is 543 g/mol. The zero-order valence-corrected chi connectivity index (χ0v) is 21.1. The topological polar surface area (TPSA) is 44.0 Å². The molecule has 0 aliphatic carbocycles. The lowest BCUT2D eigenvalue weighted by atomic mass is 9.89. The van der Waals surface area contributed by atoms with Crippen LogP contribution in [0.3, 0.4) is 0 Å². The Kier molecular flexibility index (Phi) is 7.63. The van der Waals surface area contributed by atoms with Gasteiger partial charge in [-0.15, -0.1) is 0 Å². The van der Waals surface area contributed by atoms with Crippen LogP contribution in [0, 0.1) is 6.92 Å². The summed E-state index contributed by atoms with van der Waals surface area (Å²) in [6.45, 7) is 4.80. The highest BCUT2D eigenvalue weighted by Gasteiger charge is 2.37. The van der Waals surface area contributed by atoms with E-state index >= 15 is 0 Å². The van der Waals surface area contributed by atoms with E-state index in [9.17, 15) is 49.1 Å². The number of hydrogen-bond donors (Lipinski definition) is 0. The van der Waals surface area contributed by atoms with Gasteiger partial charge < -0.3 is 0 Å². The van der Waals surface area contributed by atoms with E-state index in [4.69, 9.17) is 0 Å². The second kappa shape index (κ2) is 9.91. The maximum atomic E-state index is 13.3. The first-order valence-corrected chi connectivity index (χ1v) is 11.4. The molecule has 3 aromatic rings. The van der Waals surface area contributed by atoms with Gasteiger partial charge in [-0.1, -0.05) is 32.4 Å². The van der Waals surface area contributed by atoms with Crippen molar-refractivity contribution in [3.8, 4) is 0 Å². The summed E-state index contributed by atoms with van der Waals surface area (Å²) in [6.07, 6.45) is -13.8. The average molecular weight is 566 g/mol. The first-order valence-electron chi connectivity index (χ1n) is 11.4. The van der Waals surface area contributed by atoms with E-state index in [-0.39, 0.29) is 22.8 Å². The predicted molar refractivity (Wildman–Crippen MR) is 124 cm³/mol. The summed E-state index contributed by atoms with van der Waals surface area (Å²) >= 11 is 0. The molecule has 0 unspecified atom stereocenters. The highest BCUT2D eigenvalue weighted by molar-refractivity contribution is 5.34. The Hall–Kier alpha value is -3.51. The van der Waals surface area contributed by atoms with Crippen LogP contribution in [0.5, 0.6) is 0 Å². The summed E-state index contributed by atoms with van der Waals surface area (Å²) in [4.78, 5) is 26.5. The van der Waals surface area contributed by atoms with Crippen LogP contribution in [0.1, 0.15) is 59.7 Å². The minimum Gasteiger partial charge on any atom is -0.296 e. The second-order valence-corrected chi connectivity index (χ2v) is 10.2. The van der Waals surface area contributed by atoms with Crippen LogP contribution in [0.15, 0.2) is 52.2 Å². The Morgan fingerprint density at radius 2 is 1.08 bits per heavy atom. The molecule has 0 saturated heterocycles. The molecule has 2 aromatic carbocycles. The average Bonchev–Trinajstić information content (AvgIpc) is 2.75. The minimum atomic E-state index is -5.14. The third-order valence-electron chi connectivity index (χ3n) is 5.85. The minimum absolute atomic E-state index is 0.0196. The van der Waals surface area contributed by atoms with E-state index in [2.05, 4.69) is 0 Å². The molecule has 0 N–H and O–H groups in total. The number of aryl methyl sites for hydroxylation is 1. The normalized spacial score (nSPS) is 13.2. The second-order valence-electron chi connectivity index (χ2n) is 10.2. The maximum Gasteiger partial charge on any atom is 0.416 e. The number of benzene rings is 2. The smallest absolute Gasteiger partial charge is 0.296 e. The van der Waals surface area contributed by atoms with Crippen molar-refractivity contribution in [2.75, 3.05) is 0 Å². The molecule has 0 aliphatic heterocycles. The SMILES string of the molecule is Cc1cc(Cn2cc(C(C)(C)C)c(=O)n(Cc3cc(C(F)(F)F)cc(C(F)(F)F)c3)c2=O)cc(C(F)(F)F)c1. The largest absolute Gasteiger partial charge is 0.416 e. The molecule has 0 amide bonds. The summed E-state index contributed by atoms with van der Waals surface area (Å²) < 4.78 is 121.